The molecule has 0 fully saturated rings. The number of nitrogens with zero attached hydrogens (tertiary/aromatic N) is 4. The summed E-state index contributed by atoms with van der Waals surface area (Å²) >= 11 is 1.16. The first-order valence-corrected chi connectivity index (χ1v) is 11.3. The van der Waals surface area contributed by atoms with Crippen molar-refractivity contribution in [3.05, 3.63) is 94.3 Å². The summed E-state index contributed by atoms with van der Waals surface area (Å²) in [6.07, 6.45) is 0. The van der Waals surface area contributed by atoms with Gasteiger partial charge in [0, 0.05) is 23.6 Å². The maximum Gasteiger partial charge on any atom is 0.279 e. The summed E-state index contributed by atoms with van der Waals surface area (Å²) < 4.78 is 0. The molecule has 1 aliphatic heterocycles. The third kappa shape index (κ3) is 4.43. The Kier molecular flexibility index (Phi) is 6.37. The number of rotatable bonds is 7. The Morgan fingerprint density at radius 1 is 0.875 bits per heavy atom. The predicted octanol–water partition coefficient (Wildman–Crippen LogP) is 4.49. The lowest BCUT2D eigenvalue weighted by atomic mass is 10.2. The summed E-state index contributed by atoms with van der Waals surface area (Å²) in [4.78, 5) is 39.6. The van der Waals surface area contributed by atoms with E-state index in [1.54, 1.807) is 0 Å². The van der Waals surface area contributed by atoms with Crippen LogP contribution < -0.4 is 4.90 Å². The monoisotopic (exact) mass is 444 g/mol. The molecule has 32 heavy (non-hydrogen) atoms. The molecule has 4 rings (SSSR count). The molecular weight excluding hydrogens is 420 g/mol. The van der Waals surface area contributed by atoms with Crippen molar-refractivity contribution >= 4 is 29.3 Å². The first-order chi connectivity index (χ1) is 15.5. The number of imide groups is 1. The third-order valence-electron chi connectivity index (χ3n) is 5.09. The number of hydrogen-bond acceptors (Lipinski definition) is 6. The molecule has 1 aliphatic rings. The van der Waals surface area contributed by atoms with Crippen LogP contribution in [0.3, 0.4) is 0 Å². The second kappa shape index (κ2) is 9.36. The number of aryl methyl sites for hydroxylation is 2. The van der Waals surface area contributed by atoms with Crippen molar-refractivity contribution in [3.8, 4) is 0 Å². The van der Waals surface area contributed by atoms with E-state index < -0.39 is 0 Å². The van der Waals surface area contributed by atoms with Gasteiger partial charge in [-0.1, -0.05) is 48.5 Å². The van der Waals surface area contributed by atoms with Crippen LogP contribution in [0.4, 0.5) is 5.69 Å². The third-order valence-corrected chi connectivity index (χ3v) is 6.03. The standard InChI is InChI=1S/C25H24N4O2S/c1-4-28(20-13-9-6-10-14-20)21-22(32-25-26-17(2)15-18(3)27-25)24(31)29(23(21)30)16-19-11-7-5-8-12-19/h5-15H,4,16H2,1-3H3. The van der Waals surface area contributed by atoms with Gasteiger partial charge in [0.15, 0.2) is 5.16 Å². The van der Waals surface area contributed by atoms with Crippen LogP contribution in [0.2, 0.25) is 0 Å². The van der Waals surface area contributed by atoms with Crippen LogP contribution in [0.5, 0.6) is 0 Å². The molecule has 0 bridgehead atoms. The number of benzene rings is 2. The SMILES string of the molecule is CCN(C1=C(Sc2nc(C)cc(C)n2)C(=O)N(Cc2ccccc2)C1=O)c1ccccc1. The van der Waals surface area contributed by atoms with E-state index in [4.69, 9.17) is 0 Å². The molecule has 0 saturated heterocycles. The van der Waals surface area contributed by atoms with Gasteiger partial charge in [0.2, 0.25) is 0 Å². The second-order valence-electron chi connectivity index (χ2n) is 7.47. The van der Waals surface area contributed by atoms with Gasteiger partial charge >= 0.3 is 0 Å². The first kappa shape index (κ1) is 21.8. The number of carbonyl (C=O) groups excluding carboxylic acids is 2. The number of carbonyl (C=O) groups is 2. The second-order valence-corrected chi connectivity index (χ2v) is 8.45. The lowest BCUT2D eigenvalue weighted by Gasteiger charge is -2.24. The van der Waals surface area contributed by atoms with E-state index in [2.05, 4.69) is 9.97 Å². The molecule has 0 radical (unpaired) electrons. The Morgan fingerprint density at radius 2 is 1.47 bits per heavy atom. The molecule has 2 aromatic carbocycles. The molecule has 162 valence electrons. The molecular formula is C25H24N4O2S. The predicted molar refractivity (Wildman–Crippen MR) is 126 cm³/mol. The van der Waals surface area contributed by atoms with Gasteiger partial charge in [0.25, 0.3) is 11.8 Å². The highest BCUT2D eigenvalue weighted by Gasteiger charge is 2.42. The summed E-state index contributed by atoms with van der Waals surface area (Å²) in [5.41, 5.74) is 3.75. The zero-order chi connectivity index (χ0) is 22.7. The number of para-hydroxylation sites is 1. The summed E-state index contributed by atoms with van der Waals surface area (Å²) in [6.45, 7) is 6.49. The van der Waals surface area contributed by atoms with Gasteiger partial charge in [-0.15, -0.1) is 0 Å². The van der Waals surface area contributed by atoms with Crippen LogP contribution in [0.15, 0.2) is 82.5 Å². The maximum absolute atomic E-state index is 13.6. The van der Waals surface area contributed by atoms with Crippen LogP contribution in [-0.2, 0) is 16.1 Å². The number of amides is 2. The Hall–Kier alpha value is -3.45. The summed E-state index contributed by atoms with van der Waals surface area (Å²) in [5.74, 6) is -0.632. The zero-order valence-electron chi connectivity index (χ0n) is 18.3. The van der Waals surface area contributed by atoms with Crippen LogP contribution in [0.25, 0.3) is 0 Å². The number of likely N-dealkylation sites (N-methyl/N-ethyl adjacent to an activating group) is 1. The van der Waals surface area contributed by atoms with Crippen molar-refractivity contribution in [2.24, 2.45) is 0 Å². The molecule has 7 heteroatoms. The highest BCUT2D eigenvalue weighted by Crippen LogP contribution is 2.37. The summed E-state index contributed by atoms with van der Waals surface area (Å²) in [5, 5.41) is 0.460. The molecule has 6 nitrogen and oxygen atoms in total. The van der Waals surface area contributed by atoms with E-state index in [9.17, 15) is 9.59 Å². The Balaban J connectivity index is 1.78. The van der Waals surface area contributed by atoms with Gasteiger partial charge in [0.05, 0.1) is 6.54 Å². The van der Waals surface area contributed by atoms with Crippen LogP contribution in [0, 0.1) is 13.8 Å². The minimum absolute atomic E-state index is 0.214. The Morgan fingerprint density at radius 3 is 2.06 bits per heavy atom. The summed E-state index contributed by atoms with van der Waals surface area (Å²) in [6, 6.07) is 21.0. The van der Waals surface area contributed by atoms with Gasteiger partial charge in [-0.05, 0) is 56.3 Å². The van der Waals surface area contributed by atoms with Gasteiger partial charge in [-0.3, -0.25) is 14.5 Å². The van der Waals surface area contributed by atoms with Crippen molar-refractivity contribution in [1.29, 1.82) is 0 Å². The molecule has 0 saturated carbocycles. The van der Waals surface area contributed by atoms with Crippen molar-refractivity contribution in [1.82, 2.24) is 14.9 Å². The maximum atomic E-state index is 13.6. The van der Waals surface area contributed by atoms with E-state index in [1.807, 2.05) is 92.4 Å². The van der Waals surface area contributed by atoms with E-state index in [1.165, 1.54) is 4.90 Å². The van der Waals surface area contributed by atoms with Crippen molar-refractivity contribution < 1.29 is 9.59 Å². The van der Waals surface area contributed by atoms with E-state index >= 15 is 0 Å². The average molecular weight is 445 g/mol. The fourth-order valence-electron chi connectivity index (χ4n) is 3.69. The van der Waals surface area contributed by atoms with Crippen LogP contribution in [0.1, 0.15) is 23.9 Å². The van der Waals surface area contributed by atoms with Crippen molar-refractivity contribution in [2.75, 3.05) is 11.4 Å². The normalized spacial score (nSPS) is 13.8. The molecule has 3 aromatic rings. The molecule has 1 aromatic heterocycles. The highest BCUT2D eigenvalue weighted by molar-refractivity contribution is 8.04. The van der Waals surface area contributed by atoms with Gasteiger partial charge in [-0.25, -0.2) is 9.97 Å². The lowest BCUT2D eigenvalue weighted by molar-refractivity contribution is -0.138. The van der Waals surface area contributed by atoms with Crippen LogP contribution >= 0.6 is 11.8 Å². The minimum Gasteiger partial charge on any atom is -0.336 e. The Bertz CT molecular complexity index is 1160. The average Bonchev–Trinajstić information content (AvgIpc) is 3.00. The number of hydrogen-bond donors (Lipinski definition) is 0. The number of aromatic nitrogens is 2. The molecule has 2 amide bonds. The van der Waals surface area contributed by atoms with E-state index in [0.717, 1.165) is 34.4 Å². The Labute approximate surface area is 192 Å². The van der Waals surface area contributed by atoms with Crippen molar-refractivity contribution in [3.63, 3.8) is 0 Å². The summed E-state index contributed by atoms with van der Waals surface area (Å²) in [7, 11) is 0. The highest BCUT2D eigenvalue weighted by atomic mass is 32.2. The molecule has 2 heterocycles. The van der Waals surface area contributed by atoms with E-state index in [-0.39, 0.29) is 18.4 Å². The molecule has 0 spiro atoms. The molecule has 0 aliphatic carbocycles. The van der Waals surface area contributed by atoms with Gasteiger partial charge in [0.1, 0.15) is 10.6 Å². The molecule has 0 unspecified atom stereocenters. The first-order valence-electron chi connectivity index (χ1n) is 10.4. The number of thioether (sulfide) groups is 1. The zero-order valence-corrected chi connectivity index (χ0v) is 19.1. The largest absolute Gasteiger partial charge is 0.336 e. The number of anilines is 1. The van der Waals surface area contributed by atoms with Crippen LogP contribution in [-0.4, -0.2) is 33.2 Å². The van der Waals surface area contributed by atoms with Gasteiger partial charge < -0.3 is 4.90 Å². The fraction of sp³-hybridized carbons (Fsp3) is 0.200. The quantitative estimate of drug-likeness (QED) is 0.395. The smallest absolute Gasteiger partial charge is 0.279 e. The molecule has 0 N–H and O–H groups in total. The van der Waals surface area contributed by atoms with Crippen molar-refractivity contribution in [2.45, 2.75) is 32.5 Å². The topological polar surface area (TPSA) is 66.4 Å². The molecule has 0 atom stereocenters. The van der Waals surface area contributed by atoms with E-state index in [0.29, 0.717) is 22.3 Å². The van der Waals surface area contributed by atoms with Gasteiger partial charge in [-0.2, -0.15) is 0 Å². The fourth-order valence-corrected chi connectivity index (χ4v) is 4.74. The minimum atomic E-state index is -0.323. The lowest BCUT2D eigenvalue weighted by Crippen LogP contribution is -2.34.